The first-order valence-electron chi connectivity index (χ1n) is 14.5. The van der Waals surface area contributed by atoms with Gasteiger partial charge in [0, 0.05) is 63.0 Å². The molecule has 9 heteroatoms. The van der Waals surface area contributed by atoms with Crippen LogP contribution >= 0.6 is 11.6 Å². The van der Waals surface area contributed by atoms with E-state index in [1.807, 2.05) is 73.1 Å². The molecule has 0 spiro atoms. The molecule has 0 saturated carbocycles. The molecule has 1 atom stereocenters. The van der Waals surface area contributed by atoms with E-state index in [0.717, 1.165) is 48.0 Å². The molecule has 2 aliphatic rings. The number of aliphatic hydroxyl groups is 1. The van der Waals surface area contributed by atoms with E-state index < -0.39 is 5.60 Å². The van der Waals surface area contributed by atoms with Gasteiger partial charge in [0.1, 0.15) is 5.60 Å². The predicted molar refractivity (Wildman–Crippen MR) is 163 cm³/mol. The third kappa shape index (κ3) is 5.30. The van der Waals surface area contributed by atoms with Gasteiger partial charge in [-0.2, -0.15) is 5.10 Å². The zero-order chi connectivity index (χ0) is 29.3. The zero-order valence-corrected chi connectivity index (χ0v) is 24.8. The van der Waals surface area contributed by atoms with Gasteiger partial charge in [-0.25, -0.2) is 4.98 Å². The van der Waals surface area contributed by atoms with Crippen LogP contribution in [-0.4, -0.2) is 68.9 Å². The molecule has 2 aromatic carbocycles. The lowest BCUT2D eigenvalue weighted by Gasteiger charge is -2.36. The highest BCUT2D eigenvalue weighted by atomic mass is 35.5. The summed E-state index contributed by atoms with van der Waals surface area (Å²) in [5, 5.41) is 18.3. The van der Waals surface area contributed by atoms with Crippen molar-refractivity contribution in [1.82, 2.24) is 24.6 Å². The highest BCUT2D eigenvalue weighted by Gasteiger charge is 2.37. The summed E-state index contributed by atoms with van der Waals surface area (Å²) in [5.41, 5.74) is 2.52. The Kier molecular flexibility index (Phi) is 8.03. The molecule has 4 heterocycles. The number of fused-ring (bicyclic) bond motifs is 1. The van der Waals surface area contributed by atoms with Crippen molar-refractivity contribution in [2.24, 2.45) is 0 Å². The highest BCUT2D eigenvalue weighted by Crippen LogP contribution is 2.42. The van der Waals surface area contributed by atoms with E-state index in [0.29, 0.717) is 54.1 Å². The second kappa shape index (κ2) is 11.9. The quantitative estimate of drug-likeness (QED) is 0.295. The van der Waals surface area contributed by atoms with Crippen LogP contribution < -0.4 is 4.74 Å². The number of hydrogen-bond donors (Lipinski definition) is 1. The molecule has 0 aliphatic carbocycles. The van der Waals surface area contributed by atoms with Crippen LogP contribution in [0.4, 0.5) is 0 Å². The number of rotatable bonds is 7. The fraction of sp³-hybridized carbons (Fsp3) is 0.364. The molecule has 6 rings (SSSR count). The van der Waals surface area contributed by atoms with Crippen LogP contribution in [-0.2, 0) is 16.9 Å². The van der Waals surface area contributed by atoms with Gasteiger partial charge in [0.15, 0.2) is 0 Å². The fourth-order valence-electron chi connectivity index (χ4n) is 6.34. The van der Waals surface area contributed by atoms with E-state index in [1.165, 1.54) is 0 Å². The van der Waals surface area contributed by atoms with Gasteiger partial charge in [0.25, 0.3) is 0 Å². The van der Waals surface area contributed by atoms with Crippen molar-refractivity contribution >= 4 is 28.4 Å². The normalized spacial score (nSPS) is 18.1. The summed E-state index contributed by atoms with van der Waals surface area (Å²) in [6, 6.07) is 17.8. The van der Waals surface area contributed by atoms with Gasteiger partial charge in [-0.3, -0.25) is 14.4 Å². The molecule has 1 fully saturated rings. The maximum atomic E-state index is 12.5. The van der Waals surface area contributed by atoms with E-state index in [2.05, 4.69) is 14.7 Å². The first-order chi connectivity index (χ1) is 20.4. The van der Waals surface area contributed by atoms with Crippen LogP contribution in [0, 0.1) is 0 Å². The van der Waals surface area contributed by atoms with Gasteiger partial charge in [0.2, 0.25) is 11.8 Å². The number of piperidine rings is 1. The van der Waals surface area contributed by atoms with Crippen LogP contribution in [0.5, 0.6) is 5.88 Å². The third-order valence-corrected chi connectivity index (χ3v) is 9.17. The Bertz CT molecular complexity index is 1600. The summed E-state index contributed by atoms with van der Waals surface area (Å²) in [7, 11) is 1.63. The van der Waals surface area contributed by atoms with E-state index in [4.69, 9.17) is 21.3 Å². The summed E-state index contributed by atoms with van der Waals surface area (Å²) in [5.74, 6) is 0.552. The van der Waals surface area contributed by atoms with Gasteiger partial charge in [0.05, 0.1) is 23.7 Å². The zero-order valence-electron chi connectivity index (χ0n) is 24.0. The Hall–Kier alpha value is -3.72. The Morgan fingerprint density at radius 2 is 1.88 bits per heavy atom. The number of hydrogen-bond acceptors (Lipinski definition) is 6. The minimum absolute atomic E-state index is 0.0317. The lowest BCUT2D eigenvalue weighted by atomic mass is 9.77. The first kappa shape index (κ1) is 28.4. The molecule has 1 N–H and O–H groups in total. The van der Waals surface area contributed by atoms with Crippen LogP contribution in [0.3, 0.4) is 0 Å². The van der Waals surface area contributed by atoms with Crippen molar-refractivity contribution in [3.05, 3.63) is 100 Å². The average molecular weight is 586 g/mol. The van der Waals surface area contributed by atoms with Crippen molar-refractivity contribution in [2.75, 3.05) is 33.3 Å². The minimum atomic E-state index is -1.38. The van der Waals surface area contributed by atoms with E-state index in [-0.39, 0.29) is 5.91 Å². The molecule has 4 aromatic rings. The number of nitrogens with zero attached hydrogens (tertiary/aromatic N) is 5. The maximum Gasteiger partial charge on any atom is 0.219 e. The van der Waals surface area contributed by atoms with Crippen LogP contribution in [0.1, 0.15) is 48.9 Å². The van der Waals surface area contributed by atoms with Crippen molar-refractivity contribution < 1.29 is 14.6 Å². The smallest absolute Gasteiger partial charge is 0.219 e. The molecule has 2 aromatic heterocycles. The lowest BCUT2D eigenvalue weighted by Crippen LogP contribution is -2.38. The Morgan fingerprint density at radius 1 is 1.10 bits per heavy atom. The molecule has 42 heavy (non-hydrogen) atoms. The largest absolute Gasteiger partial charge is 0.481 e. The van der Waals surface area contributed by atoms with Crippen LogP contribution in [0.2, 0.25) is 5.02 Å². The van der Waals surface area contributed by atoms with E-state index in [1.54, 1.807) is 18.9 Å². The van der Waals surface area contributed by atoms with Crippen molar-refractivity contribution in [3.8, 4) is 5.88 Å². The number of methoxy groups -OCH3 is 1. The number of ether oxygens (including phenoxy) is 1. The number of carbonyl (C=O) groups excluding carboxylic acids is 1. The number of halogens is 1. The topological polar surface area (TPSA) is 83.7 Å². The molecule has 8 nitrogen and oxygen atoms in total. The SMILES string of the molecule is COc1nc2ccc(C(O)(C3=CCN(C(C)=O)CC3)c3ccccc3)cc2c(Cl)c1CN1CCC(n2cccn2)CC1. The molecule has 218 valence electrons. The fourth-order valence-corrected chi connectivity index (χ4v) is 6.63. The molecule has 0 radical (unpaired) electrons. The summed E-state index contributed by atoms with van der Waals surface area (Å²) >= 11 is 7.16. The van der Waals surface area contributed by atoms with Gasteiger partial charge >= 0.3 is 0 Å². The average Bonchev–Trinajstić information content (AvgIpc) is 3.58. The van der Waals surface area contributed by atoms with Gasteiger partial charge in [-0.15, -0.1) is 0 Å². The molecular formula is C33H36ClN5O3. The number of likely N-dealkylation sites (tertiary alicyclic amines) is 1. The number of aromatic nitrogens is 3. The monoisotopic (exact) mass is 585 g/mol. The van der Waals surface area contributed by atoms with E-state index >= 15 is 0 Å². The Balaban J connectivity index is 1.36. The van der Waals surface area contributed by atoms with Crippen molar-refractivity contribution in [2.45, 2.75) is 44.4 Å². The highest BCUT2D eigenvalue weighted by molar-refractivity contribution is 6.36. The summed E-state index contributed by atoms with van der Waals surface area (Å²) < 4.78 is 7.77. The summed E-state index contributed by atoms with van der Waals surface area (Å²) in [4.78, 5) is 21.0. The second-order valence-corrected chi connectivity index (χ2v) is 11.5. The van der Waals surface area contributed by atoms with Crippen molar-refractivity contribution in [3.63, 3.8) is 0 Å². The first-order valence-corrected chi connectivity index (χ1v) is 14.9. The summed E-state index contributed by atoms with van der Waals surface area (Å²) in [6.45, 7) is 5.06. The molecule has 1 saturated heterocycles. The standard InChI is InChI=1S/C33H36ClN5O3/c1-23(40)38-19-11-25(12-20-38)33(41,24-7-4-3-5-8-24)26-9-10-30-28(21-26)31(34)29(32(36-30)42-2)22-37-17-13-27(14-18-37)39-16-6-15-35-39/h3-11,15-16,21,27,41H,12-14,17-20,22H2,1-2H3. The van der Waals surface area contributed by atoms with Crippen LogP contribution in [0.15, 0.2) is 78.6 Å². The predicted octanol–water partition coefficient (Wildman–Crippen LogP) is 5.34. The Labute approximate surface area is 251 Å². The van der Waals surface area contributed by atoms with E-state index in [9.17, 15) is 9.90 Å². The Morgan fingerprint density at radius 3 is 2.52 bits per heavy atom. The number of benzene rings is 2. The molecule has 1 unspecified atom stereocenters. The summed E-state index contributed by atoms with van der Waals surface area (Å²) in [6.07, 6.45) is 8.42. The van der Waals surface area contributed by atoms with Gasteiger partial charge < -0.3 is 14.7 Å². The number of pyridine rings is 1. The lowest BCUT2D eigenvalue weighted by molar-refractivity contribution is -0.128. The number of carbonyl (C=O) groups is 1. The minimum Gasteiger partial charge on any atom is -0.481 e. The van der Waals surface area contributed by atoms with Gasteiger partial charge in [-0.05, 0) is 54.2 Å². The van der Waals surface area contributed by atoms with Crippen LogP contribution in [0.25, 0.3) is 10.9 Å². The second-order valence-electron chi connectivity index (χ2n) is 11.2. The van der Waals surface area contributed by atoms with Gasteiger partial charge in [-0.1, -0.05) is 54.1 Å². The molecular weight excluding hydrogens is 550 g/mol. The molecule has 0 bridgehead atoms. The molecule has 2 aliphatic heterocycles. The third-order valence-electron chi connectivity index (χ3n) is 8.74. The number of amides is 1. The van der Waals surface area contributed by atoms with Crippen molar-refractivity contribution in [1.29, 1.82) is 0 Å². The molecule has 1 amide bonds. The maximum absolute atomic E-state index is 12.5.